The van der Waals surface area contributed by atoms with E-state index in [1.165, 1.54) is 31.3 Å². The van der Waals surface area contributed by atoms with Crippen molar-refractivity contribution in [3.8, 4) is 0 Å². The predicted octanol–water partition coefficient (Wildman–Crippen LogP) is 5.03. The van der Waals surface area contributed by atoms with Gasteiger partial charge in [-0.15, -0.1) is 0 Å². The Bertz CT molecular complexity index is 1160. The molecule has 3 aromatic carbocycles. The highest BCUT2D eigenvalue weighted by Gasteiger charge is 2.22. The molecule has 0 radical (unpaired) electrons. The predicted molar refractivity (Wildman–Crippen MR) is 117 cm³/mol. The van der Waals surface area contributed by atoms with Crippen LogP contribution in [0.25, 0.3) is 0 Å². The summed E-state index contributed by atoms with van der Waals surface area (Å²) in [5, 5.41) is 3.34. The van der Waals surface area contributed by atoms with Gasteiger partial charge in [-0.1, -0.05) is 29.8 Å². The minimum absolute atomic E-state index is 0.120. The molecular formula is C22H21ClN2O3S. The molecule has 0 aliphatic heterocycles. The third-order valence-corrected chi connectivity index (χ3v) is 6.64. The van der Waals surface area contributed by atoms with Crippen LogP contribution in [0.15, 0.2) is 71.6 Å². The van der Waals surface area contributed by atoms with Gasteiger partial charge in [0.25, 0.3) is 15.9 Å². The van der Waals surface area contributed by atoms with Gasteiger partial charge in [-0.25, -0.2) is 8.42 Å². The first-order valence-electron chi connectivity index (χ1n) is 8.91. The van der Waals surface area contributed by atoms with E-state index in [2.05, 4.69) is 5.32 Å². The van der Waals surface area contributed by atoms with Gasteiger partial charge in [0, 0.05) is 23.3 Å². The van der Waals surface area contributed by atoms with Crippen LogP contribution in [0.1, 0.15) is 21.5 Å². The third-order valence-electron chi connectivity index (χ3n) is 4.59. The Labute approximate surface area is 176 Å². The summed E-state index contributed by atoms with van der Waals surface area (Å²) in [6, 6.07) is 18.2. The summed E-state index contributed by atoms with van der Waals surface area (Å²) in [5.41, 5.74) is 3.45. The Kier molecular flexibility index (Phi) is 5.96. The zero-order valence-electron chi connectivity index (χ0n) is 16.3. The molecule has 5 nitrogen and oxygen atoms in total. The molecule has 0 saturated heterocycles. The number of anilines is 2. The first kappa shape index (κ1) is 20.9. The number of nitrogens with one attached hydrogen (secondary N) is 1. The van der Waals surface area contributed by atoms with E-state index in [1.54, 1.807) is 24.3 Å². The molecule has 0 fully saturated rings. The zero-order valence-corrected chi connectivity index (χ0v) is 17.9. The normalized spacial score (nSPS) is 11.2. The number of sulfonamides is 1. The van der Waals surface area contributed by atoms with Crippen molar-refractivity contribution in [2.75, 3.05) is 16.7 Å². The van der Waals surface area contributed by atoms with E-state index < -0.39 is 10.0 Å². The third kappa shape index (κ3) is 4.60. The van der Waals surface area contributed by atoms with Crippen LogP contribution < -0.4 is 9.62 Å². The first-order chi connectivity index (χ1) is 13.7. The van der Waals surface area contributed by atoms with Crippen LogP contribution in [-0.2, 0) is 10.0 Å². The Hall–Kier alpha value is -2.83. The lowest BCUT2D eigenvalue weighted by Gasteiger charge is -2.20. The minimum Gasteiger partial charge on any atom is -0.322 e. The van der Waals surface area contributed by atoms with Gasteiger partial charge >= 0.3 is 0 Å². The molecule has 7 heteroatoms. The largest absolute Gasteiger partial charge is 0.322 e. The van der Waals surface area contributed by atoms with Crippen molar-refractivity contribution in [3.63, 3.8) is 0 Å². The summed E-state index contributed by atoms with van der Waals surface area (Å²) in [7, 11) is -2.33. The molecule has 0 saturated carbocycles. The Morgan fingerprint density at radius 2 is 1.66 bits per heavy atom. The highest BCUT2D eigenvalue weighted by atomic mass is 35.5. The summed E-state index contributed by atoms with van der Waals surface area (Å²) in [6.45, 7) is 3.87. The topological polar surface area (TPSA) is 66.5 Å². The van der Waals surface area contributed by atoms with E-state index in [0.717, 1.165) is 21.1 Å². The van der Waals surface area contributed by atoms with Gasteiger partial charge in [0.15, 0.2) is 0 Å². The highest BCUT2D eigenvalue weighted by molar-refractivity contribution is 7.92. The fourth-order valence-electron chi connectivity index (χ4n) is 2.81. The summed E-state index contributed by atoms with van der Waals surface area (Å²) < 4.78 is 26.9. The van der Waals surface area contributed by atoms with Crippen molar-refractivity contribution in [3.05, 3.63) is 88.4 Å². The second-order valence-corrected chi connectivity index (χ2v) is 9.15. The minimum atomic E-state index is -3.78. The van der Waals surface area contributed by atoms with E-state index in [0.29, 0.717) is 16.3 Å². The van der Waals surface area contributed by atoms with E-state index in [9.17, 15) is 13.2 Å². The second kappa shape index (κ2) is 8.27. The number of halogens is 1. The lowest BCUT2D eigenvalue weighted by Crippen LogP contribution is -2.26. The molecule has 3 rings (SSSR count). The fraction of sp³-hybridized carbons (Fsp3) is 0.136. The SMILES string of the molecule is Cc1ccc(C)c(NC(=O)c2cccc(N(C)S(=O)(=O)c3ccc(Cl)cc3)c2)c1. The standard InChI is InChI=1S/C22H21ClN2O3S/c1-15-7-8-16(2)21(13-15)24-22(26)17-5-4-6-19(14-17)25(3)29(27,28)20-11-9-18(23)10-12-20/h4-14H,1-3H3,(H,24,26). The van der Waals surface area contributed by atoms with E-state index in [4.69, 9.17) is 11.6 Å². The maximum Gasteiger partial charge on any atom is 0.264 e. The maximum atomic E-state index is 12.9. The van der Waals surface area contributed by atoms with Gasteiger partial charge in [-0.05, 0) is 73.5 Å². The Morgan fingerprint density at radius 3 is 2.34 bits per heavy atom. The van der Waals surface area contributed by atoms with Crippen LogP contribution in [0, 0.1) is 13.8 Å². The smallest absolute Gasteiger partial charge is 0.264 e. The lowest BCUT2D eigenvalue weighted by atomic mass is 10.1. The van der Waals surface area contributed by atoms with Gasteiger partial charge in [-0.3, -0.25) is 9.10 Å². The summed E-state index contributed by atoms with van der Waals surface area (Å²) in [4.78, 5) is 12.8. The maximum absolute atomic E-state index is 12.9. The van der Waals surface area contributed by atoms with Crippen molar-refractivity contribution >= 4 is 38.9 Å². The summed E-state index contributed by atoms with van der Waals surface area (Å²) in [5.74, 6) is -0.308. The number of carbonyl (C=O) groups is 1. The van der Waals surface area contributed by atoms with Crippen molar-refractivity contribution in [2.24, 2.45) is 0 Å². The molecule has 0 aromatic heterocycles. The van der Waals surface area contributed by atoms with Crippen LogP contribution in [-0.4, -0.2) is 21.4 Å². The number of amides is 1. The molecule has 0 bridgehead atoms. The van der Waals surface area contributed by atoms with Crippen LogP contribution in [0.4, 0.5) is 11.4 Å². The van der Waals surface area contributed by atoms with Crippen LogP contribution in [0.5, 0.6) is 0 Å². The summed E-state index contributed by atoms with van der Waals surface area (Å²) >= 11 is 5.85. The first-order valence-corrected chi connectivity index (χ1v) is 10.7. The average molecular weight is 429 g/mol. The number of hydrogen-bond acceptors (Lipinski definition) is 3. The van der Waals surface area contributed by atoms with Gasteiger partial charge in [0.1, 0.15) is 0 Å². The molecule has 0 spiro atoms. The van der Waals surface area contributed by atoms with E-state index in [1.807, 2.05) is 32.0 Å². The van der Waals surface area contributed by atoms with Crippen LogP contribution >= 0.6 is 11.6 Å². The van der Waals surface area contributed by atoms with E-state index in [-0.39, 0.29) is 10.8 Å². The highest BCUT2D eigenvalue weighted by Crippen LogP contribution is 2.25. The molecule has 0 aliphatic rings. The number of rotatable bonds is 5. The van der Waals surface area contributed by atoms with Crippen molar-refractivity contribution in [2.45, 2.75) is 18.7 Å². The molecular weight excluding hydrogens is 408 g/mol. The van der Waals surface area contributed by atoms with Crippen molar-refractivity contribution < 1.29 is 13.2 Å². The van der Waals surface area contributed by atoms with Gasteiger partial charge in [0.05, 0.1) is 10.6 Å². The Balaban J connectivity index is 1.87. The summed E-state index contributed by atoms with van der Waals surface area (Å²) in [6.07, 6.45) is 0. The molecule has 29 heavy (non-hydrogen) atoms. The fourth-order valence-corrected chi connectivity index (χ4v) is 4.12. The number of carbonyl (C=O) groups excluding carboxylic acids is 1. The molecule has 150 valence electrons. The molecule has 1 N–H and O–H groups in total. The molecule has 0 heterocycles. The molecule has 1 amide bonds. The van der Waals surface area contributed by atoms with Gasteiger partial charge in [-0.2, -0.15) is 0 Å². The molecule has 3 aromatic rings. The number of aryl methyl sites for hydroxylation is 2. The molecule has 0 atom stereocenters. The molecule has 0 unspecified atom stereocenters. The molecule has 0 aliphatic carbocycles. The van der Waals surface area contributed by atoms with Crippen molar-refractivity contribution in [1.29, 1.82) is 0 Å². The van der Waals surface area contributed by atoms with Crippen LogP contribution in [0.2, 0.25) is 5.02 Å². The second-order valence-electron chi connectivity index (χ2n) is 6.75. The number of benzene rings is 3. The Morgan fingerprint density at radius 1 is 0.966 bits per heavy atom. The quantitative estimate of drug-likeness (QED) is 0.619. The van der Waals surface area contributed by atoms with E-state index >= 15 is 0 Å². The van der Waals surface area contributed by atoms with Gasteiger partial charge < -0.3 is 5.32 Å². The van der Waals surface area contributed by atoms with Crippen molar-refractivity contribution in [1.82, 2.24) is 0 Å². The number of hydrogen-bond donors (Lipinski definition) is 1. The monoisotopic (exact) mass is 428 g/mol. The van der Waals surface area contributed by atoms with Crippen LogP contribution in [0.3, 0.4) is 0 Å². The van der Waals surface area contributed by atoms with Gasteiger partial charge in [0.2, 0.25) is 0 Å². The lowest BCUT2D eigenvalue weighted by molar-refractivity contribution is 0.102. The number of nitrogens with zero attached hydrogens (tertiary/aromatic N) is 1. The zero-order chi connectivity index (χ0) is 21.2. The average Bonchev–Trinajstić information content (AvgIpc) is 2.70.